The molecular formula is C8H13O5P. The molecule has 1 atom stereocenters. The maximum Gasteiger partial charge on any atom is 0.333 e. The Balaban J connectivity index is 2.65. The van der Waals surface area contributed by atoms with Gasteiger partial charge in [-0.25, -0.2) is 0 Å². The summed E-state index contributed by atoms with van der Waals surface area (Å²) in [6.07, 6.45) is 0.340. The SMILES string of the molecule is COP(=O)(CC(O)c1ccco1)OC. The molecular weight excluding hydrogens is 207 g/mol. The average molecular weight is 220 g/mol. The summed E-state index contributed by atoms with van der Waals surface area (Å²) in [5.74, 6) is 0.347. The van der Waals surface area contributed by atoms with Crippen LogP contribution in [0.2, 0.25) is 0 Å². The quantitative estimate of drug-likeness (QED) is 0.766. The number of furan rings is 1. The number of aliphatic hydroxyl groups is 1. The van der Waals surface area contributed by atoms with E-state index in [2.05, 4.69) is 9.05 Å². The summed E-state index contributed by atoms with van der Waals surface area (Å²) in [4.78, 5) is 0. The molecule has 0 amide bonds. The highest BCUT2D eigenvalue weighted by Gasteiger charge is 2.27. The lowest BCUT2D eigenvalue weighted by Gasteiger charge is -2.15. The molecule has 0 saturated heterocycles. The molecule has 6 heteroatoms. The highest BCUT2D eigenvalue weighted by atomic mass is 31.2. The third-order valence-electron chi connectivity index (χ3n) is 1.82. The van der Waals surface area contributed by atoms with Gasteiger partial charge in [0.2, 0.25) is 0 Å². The van der Waals surface area contributed by atoms with E-state index >= 15 is 0 Å². The summed E-state index contributed by atoms with van der Waals surface area (Å²) in [5.41, 5.74) is 0. The molecule has 0 fully saturated rings. The van der Waals surface area contributed by atoms with Crippen LogP contribution in [-0.2, 0) is 13.6 Å². The van der Waals surface area contributed by atoms with Gasteiger partial charge in [0.15, 0.2) is 0 Å². The highest BCUT2D eigenvalue weighted by Crippen LogP contribution is 2.49. The minimum Gasteiger partial charge on any atom is -0.467 e. The molecule has 0 saturated carbocycles. The number of hydrogen-bond donors (Lipinski definition) is 1. The highest BCUT2D eigenvalue weighted by molar-refractivity contribution is 7.53. The van der Waals surface area contributed by atoms with Gasteiger partial charge in [0.25, 0.3) is 0 Å². The lowest BCUT2D eigenvalue weighted by atomic mass is 10.3. The molecule has 5 nitrogen and oxygen atoms in total. The van der Waals surface area contributed by atoms with E-state index in [0.717, 1.165) is 0 Å². The van der Waals surface area contributed by atoms with Crippen LogP contribution in [-0.4, -0.2) is 25.5 Å². The van der Waals surface area contributed by atoms with Crippen molar-refractivity contribution in [3.8, 4) is 0 Å². The zero-order valence-electron chi connectivity index (χ0n) is 8.04. The molecule has 1 unspecified atom stereocenters. The second-order valence-electron chi connectivity index (χ2n) is 2.69. The number of rotatable bonds is 5. The Hall–Kier alpha value is -0.610. The second kappa shape index (κ2) is 4.75. The van der Waals surface area contributed by atoms with Gasteiger partial charge in [0.05, 0.1) is 12.4 Å². The maximum absolute atomic E-state index is 11.6. The second-order valence-corrected chi connectivity index (χ2v) is 5.01. The molecule has 1 aromatic heterocycles. The van der Waals surface area contributed by atoms with Crippen molar-refractivity contribution in [2.24, 2.45) is 0 Å². The third kappa shape index (κ3) is 2.69. The summed E-state index contributed by atoms with van der Waals surface area (Å²) >= 11 is 0. The van der Waals surface area contributed by atoms with Crippen LogP contribution in [0, 0.1) is 0 Å². The normalized spacial score (nSPS) is 14.2. The summed E-state index contributed by atoms with van der Waals surface area (Å²) in [7, 11) is -0.635. The standard InChI is InChI=1S/C8H13O5P/c1-11-14(10,12-2)6-7(9)8-4-3-5-13-8/h3-5,7,9H,6H2,1-2H3. The molecule has 14 heavy (non-hydrogen) atoms. The van der Waals surface area contributed by atoms with Gasteiger partial charge < -0.3 is 18.6 Å². The lowest BCUT2D eigenvalue weighted by molar-refractivity contribution is 0.159. The fraction of sp³-hybridized carbons (Fsp3) is 0.500. The van der Waals surface area contributed by atoms with Gasteiger partial charge in [0.1, 0.15) is 11.9 Å². The molecule has 80 valence electrons. The molecule has 1 N–H and O–H groups in total. The van der Waals surface area contributed by atoms with Crippen molar-refractivity contribution in [3.05, 3.63) is 24.2 Å². The van der Waals surface area contributed by atoms with Gasteiger partial charge in [-0.3, -0.25) is 4.57 Å². The van der Waals surface area contributed by atoms with Crippen LogP contribution in [0.1, 0.15) is 11.9 Å². The zero-order chi connectivity index (χ0) is 10.6. The van der Waals surface area contributed by atoms with E-state index in [1.807, 2.05) is 0 Å². The lowest BCUT2D eigenvalue weighted by Crippen LogP contribution is -2.05. The molecule has 0 aliphatic heterocycles. The Kier molecular flexibility index (Phi) is 3.89. The number of aliphatic hydroxyl groups excluding tert-OH is 1. The first-order valence-corrected chi connectivity index (χ1v) is 5.76. The van der Waals surface area contributed by atoms with Crippen LogP contribution in [0.3, 0.4) is 0 Å². The monoisotopic (exact) mass is 220 g/mol. The summed E-state index contributed by atoms with van der Waals surface area (Å²) in [6.45, 7) is 0. The van der Waals surface area contributed by atoms with E-state index in [-0.39, 0.29) is 6.16 Å². The average Bonchev–Trinajstić information content (AvgIpc) is 2.70. The largest absolute Gasteiger partial charge is 0.467 e. The van der Waals surface area contributed by atoms with Crippen molar-refractivity contribution in [3.63, 3.8) is 0 Å². The molecule has 1 heterocycles. The Morgan fingerprint density at radius 3 is 2.64 bits per heavy atom. The summed E-state index contributed by atoms with van der Waals surface area (Å²) in [6, 6.07) is 3.24. The van der Waals surface area contributed by atoms with Crippen molar-refractivity contribution in [1.82, 2.24) is 0 Å². The molecule has 1 aromatic rings. The van der Waals surface area contributed by atoms with Crippen LogP contribution in [0.25, 0.3) is 0 Å². The van der Waals surface area contributed by atoms with Crippen molar-refractivity contribution < 1.29 is 23.1 Å². The van der Waals surface area contributed by atoms with Gasteiger partial charge in [-0.1, -0.05) is 0 Å². The van der Waals surface area contributed by atoms with Crippen LogP contribution in [0.4, 0.5) is 0 Å². The van der Waals surface area contributed by atoms with Crippen LogP contribution in [0.5, 0.6) is 0 Å². The Morgan fingerprint density at radius 1 is 1.57 bits per heavy atom. The molecule has 0 aliphatic carbocycles. The first kappa shape index (κ1) is 11.5. The Morgan fingerprint density at radius 2 is 2.21 bits per heavy atom. The maximum atomic E-state index is 11.6. The zero-order valence-corrected chi connectivity index (χ0v) is 8.94. The van der Waals surface area contributed by atoms with Gasteiger partial charge in [-0.2, -0.15) is 0 Å². The Bertz CT molecular complexity index is 300. The Labute approximate surface area is 82.2 Å². The molecule has 0 bridgehead atoms. The molecule has 1 rings (SSSR count). The van der Waals surface area contributed by atoms with Gasteiger partial charge in [0, 0.05) is 14.2 Å². The predicted octanol–water partition coefficient (Wildman–Crippen LogP) is 1.80. The minimum absolute atomic E-state index is 0.118. The van der Waals surface area contributed by atoms with Crippen molar-refractivity contribution in [2.45, 2.75) is 6.10 Å². The molecule has 0 aromatic carbocycles. The topological polar surface area (TPSA) is 68.9 Å². The molecule has 0 spiro atoms. The van der Waals surface area contributed by atoms with Crippen LogP contribution < -0.4 is 0 Å². The fourth-order valence-electron chi connectivity index (χ4n) is 1.01. The summed E-state index contributed by atoms with van der Waals surface area (Å²) in [5, 5.41) is 9.58. The first-order chi connectivity index (χ1) is 6.61. The van der Waals surface area contributed by atoms with E-state index in [4.69, 9.17) is 4.42 Å². The predicted molar refractivity (Wildman–Crippen MR) is 50.2 cm³/mol. The van der Waals surface area contributed by atoms with Crippen molar-refractivity contribution in [1.29, 1.82) is 0 Å². The van der Waals surface area contributed by atoms with E-state index in [9.17, 15) is 9.67 Å². The van der Waals surface area contributed by atoms with Gasteiger partial charge in [-0.15, -0.1) is 0 Å². The molecule has 0 aliphatic rings. The van der Waals surface area contributed by atoms with E-state index in [1.165, 1.54) is 20.5 Å². The smallest absolute Gasteiger partial charge is 0.333 e. The van der Waals surface area contributed by atoms with Crippen molar-refractivity contribution in [2.75, 3.05) is 20.4 Å². The number of hydrogen-bond acceptors (Lipinski definition) is 5. The fourth-order valence-corrected chi connectivity index (χ4v) is 2.06. The van der Waals surface area contributed by atoms with Crippen molar-refractivity contribution >= 4 is 7.60 Å². The van der Waals surface area contributed by atoms with E-state index in [1.54, 1.807) is 12.1 Å². The van der Waals surface area contributed by atoms with Gasteiger partial charge in [-0.05, 0) is 12.1 Å². The minimum atomic E-state index is -3.19. The van der Waals surface area contributed by atoms with E-state index < -0.39 is 13.7 Å². The van der Waals surface area contributed by atoms with E-state index in [0.29, 0.717) is 5.76 Å². The molecule has 0 radical (unpaired) electrons. The summed E-state index contributed by atoms with van der Waals surface area (Å²) < 4.78 is 25.9. The third-order valence-corrected chi connectivity index (χ3v) is 3.73. The first-order valence-electron chi connectivity index (χ1n) is 4.03. The van der Waals surface area contributed by atoms with Gasteiger partial charge >= 0.3 is 7.60 Å². The van der Waals surface area contributed by atoms with Crippen LogP contribution in [0.15, 0.2) is 22.8 Å². The van der Waals surface area contributed by atoms with Crippen LogP contribution >= 0.6 is 7.60 Å².